The molecule has 84 valence electrons. The third kappa shape index (κ3) is 1.65. The molecular formula is C11H10FNO3. The second-order valence-electron chi connectivity index (χ2n) is 3.65. The lowest BCUT2D eigenvalue weighted by atomic mass is 10.1. The van der Waals surface area contributed by atoms with Gasteiger partial charge in [0.05, 0.1) is 0 Å². The maximum Gasteiger partial charge on any atom is 0.337 e. The molecular weight excluding hydrogens is 213 g/mol. The molecule has 0 aliphatic heterocycles. The fourth-order valence-electron chi connectivity index (χ4n) is 1.66. The summed E-state index contributed by atoms with van der Waals surface area (Å²) in [7, 11) is 0. The monoisotopic (exact) mass is 223 g/mol. The van der Waals surface area contributed by atoms with Crippen LogP contribution in [0, 0.1) is 12.7 Å². The van der Waals surface area contributed by atoms with Crippen LogP contribution in [0.1, 0.15) is 17.4 Å². The molecule has 0 saturated carbocycles. The number of nitrogens with one attached hydrogen (secondary N) is 1. The van der Waals surface area contributed by atoms with Crippen molar-refractivity contribution in [2.75, 3.05) is 0 Å². The molecule has 0 amide bonds. The van der Waals surface area contributed by atoms with Gasteiger partial charge in [0.15, 0.2) is 6.10 Å². The van der Waals surface area contributed by atoms with Crippen molar-refractivity contribution in [3.63, 3.8) is 0 Å². The van der Waals surface area contributed by atoms with Crippen LogP contribution in [0.3, 0.4) is 0 Å². The maximum atomic E-state index is 13.5. The van der Waals surface area contributed by atoms with Crippen LogP contribution < -0.4 is 0 Å². The molecule has 1 unspecified atom stereocenters. The van der Waals surface area contributed by atoms with Crippen molar-refractivity contribution in [3.05, 3.63) is 35.3 Å². The number of aromatic nitrogens is 1. The zero-order valence-electron chi connectivity index (χ0n) is 8.49. The lowest BCUT2D eigenvalue weighted by Gasteiger charge is -2.07. The van der Waals surface area contributed by atoms with Crippen molar-refractivity contribution >= 4 is 16.9 Å². The van der Waals surface area contributed by atoms with E-state index in [4.69, 9.17) is 5.11 Å². The van der Waals surface area contributed by atoms with Gasteiger partial charge >= 0.3 is 5.97 Å². The first kappa shape index (κ1) is 10.6. The van der Waals surface area contributed by atoms with Gasteiger partial charge in [-0.05, 0) is 25.1 Å². The van der Waals surface area contributed by atoms with E-state index < -0.39 is 17.9 Å². The lowest BCUT2D eigenvalue weighted by molar-refractivity contribution is -0.147. The molecule has 16 heavy (non-hydrogen) atoms. The van der Waals surface area contributed by atoms with E-state index in [1.165, 1.54) is 12.1 Å². The molecule has 1 aromatic heterocycles. The normalized spacial score (nSPS) is 12.9. The van der Waals surface area contributed by atoms with Crippen LogP contribution in [0.15, 0.2) is 18.2 Å². The molecule has 4 nitrogen and oxygen atoms in total. The second-order valence-corrected chi connectivity index (χ2v) is 3.65. The Morgan fingerprint density at radius 2 is 2.12 bits per heavy atom. The van der Waals surface area contributed by atoms with Crippen molar-refractivity contribution in [2.24, 2.45) is 0 Å². The Labute approximate surface area is 90.3 Å². The number of carboxylic acids is 1. The highest BCUT2D eigenvalue weighted by molar-refractivity contribution is 5.83. The second kappa shape index (κ2) is 3.61. The molecule has 0 aliphatic rings. The highest BCUT2D eigenvalue weighted by atomic mass is 19.1. The topological polar surface area (TPSA) is 73.3 Å². The number of halogens is 1. The molecule has 2 aromatic rings. The van der Waals surface area contributed by atoms with E-state index in [0.29, 0.717) is 10.9 Å². The maximum absolute atomic E-state index is 13.5. The molecule has 2 rings (SSSR count). The predicted octanol–water partition coefficient (Wildman–Crippen LogP) is 1.73. The first-order valence-corrected chi connectivity index (χ1v) is 4.68. The Kier molecular flexibility index (Phi) is 2.40. The number of rotatable bonds is 2. The van der Waals surface area contributed by atoms with Crippen molar-refractivity contribution in [1.82, 2.24) is 4.98 Å². The van der Waals surface area contributed by atoms with Gasteiger partial charge in [-0.2, -0.15) is 0 Å². The van der Waals surface area contributed by atoms with E-state index in [0.717, 1.165) is 5.69 Å². The minimum atomic E-state index is -1.84. The van der Waals surface area contributed by atoms with E-state index in [2.05, 4.69) is 4.98 Å². The molecule has 0 bridgehead atoms. The predicted molar refractivity (Wildman–Crippen MR) is 55.6 cm³/mol. The van der Waals surface area contributed by atoms with Gasteiger partial charge in [0.2, 0.25) is 0 Å². The highest BCUT2D eigenvalue weighted by Crippen LogP contribution is 2.24. The molecule has 5 heteroatoms. The molecule has 0 aliphatic carbocycles. The van der Waals surface area contributed by atoms with Crippen LogP contribution >= 0.6 is 0 Å². The Bertz CT molecular complexity index is 562. The van der Waals surface area contributed by atoms with E-state index in [-0.39, 0.29) is 5.56 Å². The van der Waals surface area contributed by atoms with Crippen LogP contribution in [-0.2, 0) is 4.79 Å². The Morgan fingerprint density at radius 1 is 1.44 bits per heavy atom. The first-order chi connectivity index (χ1) is 7.49. The standard InChI is InChI=1S/C11H10FNO3/c1-5-2-6-3-8(12)7(4-9(6)13-5)10(14)11(15)16/h2-4,10,13-14H,1H3,(H,15,16). The summed E-state index contributed by atoms with van der Waals surface area (Å²) >= 11 is 0. The Morgan fingerprint density at radius 3 is 2.75 bits per heavy atom. The summed E-state index contributed by atoms with van der Waals surface area (Å²) in [6.07, 6.45) is -1.84. The molecule has 3 N–H and O–H groups in total. The average molecular weight is 223 g/mol. The minimum absolute atomic E-state index is 0.234. The number of hydrogen-bond acceptors (Lipinski definition) is 2. The number of carboxylic acid groups (broad SMARTS) is 1. The molecule has 0 saturated heterocycles. The minimum Gasteiger partial charge on any atom is -0.479 e. The summed E-state index contributed by atoms with van der Waals surface area (Å²) in [6, 6.07) is 4.27. The number of benzene rings is 1. The molecule has 0 radical (unpaired) electrons. The van der Waals surface area contributed by atoms with Crippen LogP contribution in [0.25, 0.3) is 10.9 Å². The number of H-pyrrole nitrogens is 1. The SMILES string of the molecule is Cc1cc2cc(F)c(C(O)C(=O)O)cc2[nH]1. The van der Waals surface area contributed by atoms with Crippen molar-refractivity contribution in [3.8, 4) is 0 Å². The first-order valence-electron chi connectivity index (χ1n) is 4.68. The third-order valence-electron chi connectivity index (χ3n) is 2.40. The summed E-state index contributed by atoms with van der Waals surface area (Å²) in [4.78, 5) is 13.5. The number of aliphatic hydroxyl groups excluding tert-OH is 1. The zero-order chi connectivity index (χ0) is 11.9. The molecule has 0 spiro atoms. The van der Waals surface area contributed by atoms with E-state index in [1.54, 1.807) is 6.07 Å². The van der Waals surface area contributed by atoms with Gasteiger partial charge in [-0.25, -0.2) is 9.18 Å². The smallest absolute Gasteiger partial charge is 0.337 e. The van der Waals surface area contributed by atoms with Gasteiger partial charge < -0.3 is 15.2 Å². The number of aliphatic carboxylic acids is 1. The number of aromatic amines is 1. The quantitative estimate of drug-likeness (QED) is 0.725. The summed E-state index contributed by atoms with van der Waals surface area (Å²) < 4.78 is 13.5. The van der Waals surface area contributed by atoms with E-state index in [9.17, 15) is 14.3 Å². The fraction of sp³-hybridized carbons (Fsp3) is 0.182. The number of aliphatic hydroxyl groups is 1. The zero-order valence-corrected chi connectivity index (χ0v) is 8.49. The highest BCUT2D eigenvalue weighted by Gasteiger charge is 2.20. The third-order valence-corrected chi connectivity index (χ3v) is 2.40. The average Bonchev–Trinajstić information content (AvgIpc) is 2.54. The van der Waals surface area contributed by atoms with E-state index in [1.807, 2.05) is 6.92 Å². The van der Waals surface area contributed by atoms with Gasteiger partial charge in [-0.1, -0.05) is 0 Å². The summed E-state index contributed by atoms with van der Waals surface area (Å²) in [5.74, 6) is -2.19. The fourth-order valence-corrected chi connectivity index (χ4v) is 1.66. The summed E-state index contributed by atoms with van der Waals surface area (Å²) in [6.45, 7) is 1.81. The number of carbonyl (C=O) groups is 1. The van der Waals surface area contributed by atoms with Crippen LogP contribution in [-0.4, -0.2) is 21.2 Å². The van der Waals surface area contributed by atoms with Gasteiger partial charge in [-0.3, -0.25) is 0 Å². The summed E-state index contributed by atoms with van der Waals surface area (Å²) in [5, 5.41) is 18.6. The van der Waals surface area contributed by atoms with Crippen LogP contribution in [0.5, 0.6) is 0 Å². The lowest BCUT2D eigenvalue weighted by Crippen LogP contribution is -2.12. The molecule has 1 heterocycles. The van der Waals surface area contributed by atoms with Gasteiger partial charge in [-0.15, -0.1) is 0 Å². The number of fused-ring (bicyclic) bond motifs is 1. The number of aryl methyl sites for hydroxylation is 1. The molecule has 1 atom stereocenters. The van der Waals surface area contributed by atoms with Crippen molar-refractivity contribution in [2.45, 2.75) is 13.0 Å². The van der Waals surface area contributed by atoms with Crippen LogP contribution in [0.4, 0.5) is 4.39 Å². The molecule has 0 fully saturated rings. The van der Waals surface area contributed by atoms with Crippen LogP contribution in [0.2, 0.25) is 0 Å². The summed E-state index contributed by atoms with van der Waals surface area (Å²) in [5.41, 5.74) is 1.22. The number of hydrogen-bond donors (Lipinski definition) is 3. The van der Waals surface area contributed by atoms with Gasteiger partial charge in [0, 0.05) is 22.2 Å². The largest absolute Gasteiger partial charge is 0.479 e. The Hall–Kier alpha value is -1.88. The van der Waals surface area contributed by atoms with Gasteiger partial charge in [0.25, 0.3) is 0 Å². The van der Waals surface area contributed by atoms with E-state index >= 15 is 0 Å². The van der Waals surface area contributed by atoms with Crippen molar-refractivity contribution < 1.29 is 19.4 Å². The Balaban J connectivity index is 2.61. The van der Waals surface area contributed by atoms with Crippen molar-refractivity contribution in [1.29, 1.82) is 0 Å². The molecule has 1 aromatic carbocycles. The van der Waals surface area contributed by atoms with Gasteiger partial charge in [0.1, 0.15) is 5.82 Å².